The van der Waals surface area contributed by atoms with Gasteiger partial charge in [-0.25, -0.2) is 13.1 Å². The third-order valence-electron chi connectivity index (χ3n) is 8.03. The molecule has 11 heteroatoms. The molecule has 1 aliphatic carbocycles. The second kappa shape index (κ2) is 12.2. The number of amides is 3. The van der Waals surface area contributed by atoms with Crippen LogP contribution < -0.4 is 15.8 Å². The van der Waals surface area contributed by atoms with Crippen molar-refractivity contribution in [2.75, 3.05) is 6.26 Å². The van der Waals surface area contributed by atoms with Crippen molar-refractivity contribution in [3.63, 3.8) is 0 Å². The van der Waals surface area contributed by atoms with Crippen LogP contribution in [0.1, 0.15) is 75.0 Å². The number of nitrogens with one attached hydrogen (secondary N) is 2. The van der Waals surface area contributed by atoms with Crippen LogP contribution in [0.25, 0.3) is 0 Å². The topological polar surface area (TPSA) is 139 Å². The molecule has 220 valence electrons. The summed E-state index contributed by atoms with van der Waals surface area (Å²) >= 11 is 6.22. The third-order valence-corrected chi connectivity index (χ3v) is 9.01. The largest absolute Gasteiger partial charge is 0.366 e. The van der Waals surface area contributed by atoms with Crippen molar-refractivity contribution < 1.29 is 22.8 Å². The number of carbonyl (C=O) groups excluding carboxylic acids is 3. The van der Waals surface area contributed by atoms with Crippen molar-refractivity contribution >= 4 is 39.3 Å². The molecule has 3 aromatic rings. The van der Waals surface area contributed by atoms with Crippen LogP contribution in [0, 0.1) is 0 Å². The Balaban J connectivity index is 1.57. The van der Waals surface area contributed by atoms with Crippen LogP contribution in [0.15, 0.2) is 72.8 Å². The SMILES string of the molecule is CS(=O)(=O)N[C@H]1CCCCC1N1C(=O)c2ccccc2[C@@H](C(=O)NCc2ccc(C(N)=O)cc2)[C@@H]1c1ccc(Cl)cc1. The van der Waals surface area contributed by atoms with Gasteiger partial charge in [0.2, 0.25) is 21.8 Å². The molecule has 4 atom stereocenters. The maximum atomic E-state index is 14.3. The molecule has 3 amide bonds. The molecular formula is C31H33ClN4O5S. The number of benzene rings is 3. The molecule has 1 unspecified atom stereocenters. The Morgan fingerprint density at radius 1 is 0.976 bits per heavy atom. The normalized spacial score (nSPS) is 22.3. The maximum absolute atomic E-state index is 14.3. The number of carbonyl (C=O) groups is 3. The predicted octanol–water partition coefficient (Wildman–Crippen LogP) is 3.90. The van der Waals surface area contributed by atoms with Gasteiger partial charge in [0.15, 0.2) is 0 Å². The van der Waals surface area contributed by atoms with Gasteiger partial charge < -0.3 is 16.0 Å². The number of halogens is 1. The molecule has 1 heterocycles. The summed E-state index contributed by atoms with van der Waals surface area (Å²) in [6.07, 6.45) is 3.94. The summed E-state index contributed by atoms with van der Waals surface area (Å²) < 4.78 is 27.4. The van der Waals surface area contributed by atoms with Gasteiger partial charge in [0.1, 0.15) is 0 Å². The molecule has 0 spiro atoms. The van der Waals surface area contributed by atoms with Gasteiger partial charge in [-0.2, -0.15) is 0 Å². The summed E-state index contributed by atoms with van der Waals surface area (Å²) in [5.41, 5.74) is 8.23. The first-order valence-corrected chi connectivity index (χ1v) is 16.1. The van der Waals surface area contributed by atoms with E-state index in [-0.39, 0.29) is 18.4 Å². The number of hydrogen-bond acceptors (Lipinski definition) is 5. The van der Waals surface area contributed by atoms with Gasteiger partial charge in [0.05, 0.1) is 18.2 Å². The quantitative estimate of drug-likeness (QED) is 0.356. The van der Waals surface area contributed by atoms with Gasteiger partial charge in [0, 0.05) is 34.8 Å². The summed E-state index contributed by atoms with van der Waals surface area (Å²) in [7, 11) is -3.55. The predicted molar refractivity (Wildman–Crippen MR) is 160 cm³/mol. The van der Waals surface area contributed by atoms with Gasteiger partial charge in [-0.1, -0.05) is 66.9 Å². The van der Waals surface area contributed by atoms with Crippen LogP contribution >= 0.6 is 11.6 Å². The molecular weight excluding hydrogens is 576 g/mol. The Kier molecular flexibility index (Phi) is 8.68. The number of rotatable bonds is 8. The summed E-state index contributed by atoms with van der Waals surface area (Å²) in [4.78, 5) is 41.6. The smallest absolute Gasteiger partial charge is 0.255 e. The number of hydrogen-bond donors (Lipinski definition) is 3. The van der Waals surface area contributed by atoms with Crippen molar-refractivity contribution in [3.05, 3.63) is 106 Å². The molecule has 42 heavy (non-hydrogen) atoms. The molecule has 1 fully saturated rings. The van der Waals surface area contributed by atoms with Crippen LogP contribution in [-0.2, 0) is 21.4 Å². The standard InChI is InChI=1S/C31H33ClN4O5S/c1-42(40,41)35-25-8-4-5-9-26(25)36-28(20-14-16-22(32)17-15-20)27(23-6-2-3-7-24(23)31(36)39)30(38)34-18-19-10-12-21(13-11-19)29(33)37/h2-3,6-7,10-17,25-28,35H,4-5,8-9,18H2,1H3,(H2,33,37)(H,34,38)/t25-,26?,27+,28-/m0/s1. The molecule has 5 rings (SSSR count). The van der Waals surface area contributed by atoms with Crippen molar-refractivity contribution in [1.29, 1.82) is 0 Å². The zero-order chi connectivity index (χ0) is 30.0. The minimum atomic E-state index is -3.55. The van der Waals surface area contributed by atoms with Crippen LogP contribution in [0.4, 0.5) is 0 Å². The highest BCUT2D eigenvalue weighted by Crippen LogP contribution is 2.46. The zero-order valence-corrected chi connectivity index (χ0v) is 24.7. The molecule has 0 saturated heterocycles. The molecule has 1 saturated carbocycles. The lowest BCUT2D eigenvalue weighted by molar-refractivity contribution is -0.124. The zero-order valence-electron chi connectivity index (χ0n) is 23.1. The summed E-state index contributed by atoms with van der Waals surface area (Å²) in [6, 6.07) is 19.1. The number of nitrogens with zero attached hydrogens (tertiary/aromatic N) is 1. The van der Waals surface area contributed by atoms with E-state index in [9.17, 15) is 22.8 Å². The van der Waals surface area contributed by atoms with Crippen LogP contribution in [0.5, 0.6) is 0 Å². The molecule has 0 aromatic heterocycles. The highest BCUT2D eigenvalue weighted by atomic mass is 35.5. The highest BCUT2D eigenvalue weighted by Gasteiger charge is 2.48. The molecule has 0 bridgehead atoms. The van der Waals surface area contributed by atoms with E-state index in [1.165, 1.54) is 0 Å². The lowest BCUT2D eigenvalue weighted by Crippen LogP contribution is -2.59. The molecule has 0 radical (unpaired) electrons. The Hall–Kier alpha value is -3.73. The monoisotopic (exact) mass is 608 g/mol. The highest BCUT2D eigenvalue weighted by molar-refractivity contribution is 7.88. The molecule has 4 N–H and O–H groups in total. The Labute approximate surface area is 250 Å². The van der Waals surface area contributed by atoms with Gasteiger partial charge in [-0.15, -0.1) is 0 Å². The van der Waals surface area contributed by atoms with Crippen molar-refractivity contribution in [1.82, 2.24) is 14.9 Å². The Morgan fingerprint density at radius 3 is 2.31 bits per heavy atom. The second-order valence-corrected chi connectivity index (χ2v) is 13.1. The fourth-order valence-electron chi connectivity index (χ4n) is 6.16. The first-order valence-electron chi connectivity index (χ1n) is 13.8. The van der Waals surface area contributed by atoms with Crippen molar-refractivity contribution in [3.8, 4) is 0 Å². The van der Waals surface area contributed by atoms with Gasteiger partial charge in [-0.3, -0.25) is 14.4 Å². The average molecular weight is 609 g/mol. The molecule has 1 aliphatic heterocycles. The lowest BCUT2D eigenvalue weighted by atomic mass is 9.76. The fraction of sp³-hybridized carbons (Fsp3) is 0.323. The number of sulfonamides is 1. The Morgan fingerprint density at radius 2 is 1.64 bits per heavy atom. The van der Waals surface area contributed by atoms with Crippen molar-refractivity contribution in [2.24, 2.45) is 5.73 Å². The Bertz CT molecular complexity index is 1590. The van der Waals surface area contributed by atoms with Gasteiger partial charge in [0.25, 0.3) is 5.91 Å². The second-order valence-electron chi connectivity index (χ2n) is 10.9. The van der Waals surface area contributed by atoms with Gasteiger partial charge >= 0.3 is 0 Å². The number of nitrogens with two attached hydrogens (primary N) is 1. The first-order chi connectivity index (χ1) is 20.0. The summed E-state index contributed by atoms with van der Waals surface area (Å²) in [6.45, 7) is 0.194. The van der Waals surface area contributed by atoms with E-state index in [2.05, 4.69) is 10.0 Å². The van der Waals surface area contributed by atoms with E-state index < -0.39 is 40.0 Å². The van der Waals surface area contributed by atoms with E-state index in [1.807, 2.05) is 12.1 Å². The summed E-state index contributed by atoms with van der Waals surface area (Å²) in [5, 5.41) is 3.54. The van der Waals surface area contributed by atoms with Crippen LogP contribution in [-0.4, -0.2) is 49.4 Å². The number of primary amides is 1. The lowest BCUT2D eigenvalue weighted by Gasteiger charge is -2.49. The van der Waals surface area contributed by atoms with Crippen molar-refractivity contribution in [2.45, 2.75) is 56.3 Å². The van der Waals surface area contributed by atoms with E-state index in [0.29, 0.717) is 34.6 Å². The average Bonchev–Trinajstić information content (AvgIpc) is 2.96. The summed E-state index contributed by atoms with van der Waals surface area (Å²) in [5.74, 6) is -1.86. The van der Waals surface area contributed by atoms with E-state index in [4.69, 9.17) is 17.3 Å². The minimum absolute atomic E-state index is 0.194. The molecule has 2 aliphatic rings. The molecule has 3 aromatic carbocycles. The maximum Gasteiger partial charge on any atom is 0.255 e. The van der Waals surface area contributed by atoms with Crippen LogP contribution in [0.3, 0.4) is 0 Å². The fourth-order valence-corrected chi connectivity index (χ4v) is 7.11. The third kappa shape index (κ3) is 6.35. The van der Waals surface area contributed by atoms with E-state index in [0.717, 1.165) is 30.2 Å². The first kappa shape index (κ1) is 29.8. The van der Waals surface area contributed by atoms with E-state index >= 15 is 0 Å². The minimum Gasteiger partial charge on any atom is -0.366 e. The number of fused-ring (bicyclic) bond motifs is 1. The molecule has 9 nitrogen and oxygen atoms in total. The van der Waals surface area contributed by atoms with E-state index in [1.54, 1.807) is 65.6 Å². The van der Waals surface area contributed by atoms with Crippen LogP contribution in [0.2, 0.25) is 5.02 Å². The van der Waals surface area contributed by atoms with Gasteiger partial charge in [-0.05, 0) is 59.9 Å².